The van der Waals surface area contributed by atoms with Crippen molar-refractivity contribution in [3.05, 3.63) is 23.0 Å². The maximum atomic E-state index is 4.45. The molecule has 0 aliphatic carbocycles. The van der Waals surface area contributed by atoms with E-state index in [0.29, 0.717) is 5.92 Å². The van der Waals surface area contributed by atoms with Crippen molar-refractivity contribution in [1.82, 2.24) is 4.98 Å². The number of nitrogens with one attached hydrogen (secondary N) is 1. The van der Waals surface area contributed by atoms with Crippen LogP contribution in [0, 0.1) is 26.7 Å². The van der Waals surface area contributed by atoms with Crippen LogP contribution in [-0.2, 0) is 0 Å². The first kappa shape index (κ1) is 11.0. The molecule has 1 heterocycles. The van der Waals surface area contributed by atoms with E-state index in [2.05, 4.69) is 44.1 Å². The minimum atomic E-state index is 0.662. The van der Waals surface area contributed by atoms with Crippen molar-refractivity contribution in [3.8, 4) is 0 Å². The van der Waals surface area contributed by atoms with E-state index < -0.39 is 0 Å². The molecule has 0 bridgehead atoms. The number of anilines is 1. The van der Waals surface area contributed by atoms with E-state index in [1.165, 1.54) is 11.3 Å². The number of aryl methyl sites for hydroxylation is 3. The number of hydrogen-bond donors (Lipinski definition) is 1. The van der Waals surface area contributed by atoms with Gasteiger partial charge in [0.25, 0.3) is 0 Å². The Morgan fingerprint density at radius 1 is 1.29 bits per heavy atom. The molecule has 0 aliphatic heterocycles. The van der Waals surface area contributed by atoms with Gasteiger partial charge in [-0.15, -0.1) is 0 Å². The van der Waals surface area contributed by atoms with Crippen molar-refractivity contribution in [1.29, 1.82) is 0 Å². The zero-order valence-electron chi connectivity index (χ0n) is 9.81. The van der Waals surface area contributed by atoms with Gasteiger partial charge in [0.05, 0.1) is 11.4 Å². The third-order valence-electron chi connectivity index (χ3n) is 2.21. The lowest BCUT2D eigenvalue weighted by Gasteiger charge is -2.14. The maximum absolute atomic E-state index is 4.45. The van der Waals surface area contributed by atoms with Gasteiger partial charge in [-0.1, -0.05) is 13.8 Å². The van der Waals surface area contributed by atoms with E-state index in [4.69, 9.17) is 0 Å². The number of pyridine rings is 1. The van der Waals surface area contributed by atoms with Gasteiger partial charge in [-0.05, 0) is 38.3 Å². The molecule has 0 radical (unpaired) electrons. The van der Waals surface area contributed by atoms with Crippen molar-refractivity contribution < 1.29 is 0 Å². The summed E-state index contributed by atoms with van der Waals surface area (Å²) >= 11 is 0. The molecule has 0 atom stereocenters. The summed E-state index contributed by atoms with van der Waals surface area (Å²) in [6.07, 6.45) is 0. The maximum Gasteiger partial charge on any atom is 0.0609 e. The first-order valence-electron chi connectivity index (χ1n) is 5.19. The third-order valence-corrected chi connectivity index (χ3v) is 2.21. The van der Waals surface area contributed by atoms with Crippen LogP contribution in [0.4, 0.5) is 5.69 Å². The molecule has 78 valence electrons. The normalized spacial score (nSPS) is 10.7. The van der Waals surface area contributed by atoms with Crippen molar-refractivity contribution >= 4 is 5.69 Å². The van der Waals surface area contributed by atoms with Crippen molar-refractivity contribution in [2.24, 2.45) is 5.92 Å². The smallest absolute Gasteiger partial charge is 0.0609 e. The predicted molar refractivity (Wildman–Crippen MR) is 61.8 cm³/mol. The molecule has 2 nitrogen and oxygen atoms in total. The standard InChI is InChI=1S/C12H20N2/c1-8(2)7-13-12-9(3)6-10(4)14-11(12)5/h6,8,13H,7H2,1-5H3. The molecule has 0 aromatic carbocycles. The zero-order chi connectivity index (χ0) is 10.7. The van der Waals surface area contributed by atoms with Gasteiger partial charge in [-0.25, -0.2) is 0 Å². The summed E-state index contributed by atoms with van der Waals surface area (Å²) in [5.74, 6) is 0.662. The monoisotopic (exact) mass is 192 g/mol. The van der Waals surface area contributed by atoms with Crippen LogP contribution < -0.4 is 5.32 Å². The summed E-state index contributed by atoms with van der Waals surface area (Å²) in [5, 5.41) is 3.45. The van der Waals surface area contributed by atoms with Gasteiger partial charge in [0.15, 0.2) is 0 Å². The van der Waals surface area contributed by atoms with Crippen LogP contribution in [0.25, 0.3) is 0 Å². The highest BCUT2D eigenvalue weighted by Gasteiger charge is 2.04. The van der Waals surface area contributed by atoms with Gasteiger partial charge in [0, 0.05) is 12.2 Å². The van der Waals surface area contributed by atoms with E-state index in [9.17, 15) is 0 Å². The first-order chi connectivity index (χ1) is 6.50. The molecule has 14 heavy (non-hydrogen) atoms. The highest BCUT2D eigenvalue weighted by molar-refractivity contribution is 5.54. The lowest BCUT2D eigenvalue weighted by Crippen LogP contribution is -2.11. The third kappa shape index (κ3) is 2.72. The second-order valence-corrected chi connectivity index (χ2v) is 4.32. The summed E-state index contributed by atoms with van der Waals surface area (Å²) in [6.45, 7) is 11.6. The highest BCUT2D eigenvalue weighted by atomic mass is 14.9. The fraction of sp³-hybridized carbons (Fsp3) is 0.583. The molecular weight excluding hydrogens is 172 g/mol. The average Bonchev–Trinajstić information content (AvgIpc) is 2.01. The Morgan fingerprint density at radius 3 is 2.43 bits per heavy atom. The van der Waals surface area contributed by atoms with E-state index in [0.717, 1.165) is 17.9 Å². The Bertz CT molecular complexity index is 293. The van der Waals surface area contributed by atoms with Crippen LogP contribution >= 0.6 is 0 Å². The minimum Gasteiger partial charge on any atom is -0.383 e. The molecule has 1 aromatic rings. The molecule has 0 saturated carbocycles. The molecule has 0 spiro atoms. The lowest BCUT2D eigenvalue weighted by molar-refractivity contribution is 0.687. The van der Waals surface area contributed by atoms with Crippen LogP contribution in [-0.4, -0.2) is 11.5 Å². The van der Waals surface area contributed by atoms with Gasteiger partial charge >= 0.3 is 0 Å². The first-order valence-corrected chi connectivity index (χ1v) is 5.19. The number of hydrogen-bond acceptors (Lipinski definition) is 2. The number of nitrogens with zero attached hydrogens (tertiary/aromatic N) is 1. The highest BCUT2D eigenvalue weighted by Crippen LogP contribution is 2.19. The van der Waals surface area contributed by atoms with E-state index in [1.54, 1.807) is 0 Å². The van der Waals surface area contributed by atoms with Crippen molar-refractivity contribution in [2.75, 3.05) is 11.9 Å². The largest absolute Gasteiger partial charge is 0.383 e. The van der Waals surface area contributed by atoms with Crippen LogP contribution in [0.15, 0.2) is 6.07 Å². The summed E-state index contributed by atoms with van der Waals surface area (Å²) < 4.78 is 0. The molecule has 0 amide bonds. The minimum absolute atomic E-state index is 0.662. The molecule has 0 saturated heterocycles. The zero-order valence-corrected chi connectivity index (χ0v) is 9.81. The molecule has 0 aliphatic rings. The van der Waals surface area contributed by atoms with Crippen LogP contribution in [0.5, 0.6) is 0 Å². The fourth-order valence-corrected chi connectivity index (χ4v) is 1.60. The second-order valence-electron chi connectivity index (χ2n) is 4.32. The molecule has 1 aromatic heterocycles. The summed E-state index contributed by atoms with van der Waals surface area (Å²) in [7, 11) is 0. The van der Waals surface area contributed by atoms with Crippen molar-refractivity contribution in [3.63, 3.8) is 0 Å². The summed E-state index contributed by atoms with van der Waals surface area (Å²) in [6, 6.07) is 2.12. The molecule has 0 unspecified atom stereocenters. The van der Waals surface area contributed by atoms with Gasteiger partial charge in [0.2, 0.25) is 0 Å². The summed E-state index contributed by atoms with van der Waals surface area (Å²) in [4.78, 5) is 4.45. The Balaban J connectivity index is 2.86. The Morgan fingerprint density at radius 2 is 1.93 bits per heavy atom. The van der Waals surface area contributed by atoms with Crippen LogP contribution in [0.2, 0.25) is 0 Å². The molecule has 1 N–H and O–H groups in total. The second kappa shape index (κ2) is 4.45. The molecular formula is C12H20N2. The Hall–Kier alpha value is -1.05. The number of aromatic nitrogens is 1. The van der Waals surface area contributed by atoms with Gasteiger partial charge in [-0.3, -0.25) is 4.98 Å². The Kier molecular flexibility index (Phi) is 3.50. The van der Waals surface area contributed by atoms with E-state index >= 15 is 0 Å². The van der Waals surface area contributed by atoms with Crippen molar-refractivity contribution in [2.45, 2.75) is 34.6 Å². The van der Waals surface area contributed by atoms with Gasteiger partial charge in [-0.2, -0.15) is 0 Å². The SMILES string of the molecule is Cc1cc(C)c(NCC(C)C)c(C)n1. The fourth-order valence-electron chi connectivity index (χ4n) is 1.60. The topological polar surface area (TPSA) is 24.9 Å². The number of rotatable bonds is 3. The molecule has 0 fully saturated rings. The Labute approximate surface area is 86.8 Å². The predicted octanol–water partition coefficient (Wildman–Crippen LogP) is 3.07. The molecule has 2 heteroatoms. The van der Waals surface area contributed by atoms with E-state index in [1.807, 2.05) is 6.92 Å². The quantitative estimate of drug-likeness (QED) is 0.796. The van der Waals surface area contributed by atoms with Crippen LogP contribution in [0.3, 0.4) is 0 Å². The molecule has 1 rings (SSSR count). The van der Waals surface area contributed by atoms with Gasteiger partial charge < -0.3 is 5.32 Å². The van der Waals surface area contributed by atoms with E-state index in [-0.39, 0.29) is 0 Å². The average molecular weight is 192 g/mol. The van der Waals surface area contributed by atoms with Gasteiger partial charge in [0.1, 0.15) is 0 Å². The lowest BCUT2D eigenvalue weighted by atomic mass is 10.1. The summed E-state index contributed by atoms with van der Waals surface area (Å²) in [5.41, 5.74) is 4.68. The van der Waals surface area contributed by atoms with Crippen LogP contribution in [0.1, 0.15) is 30.8 Å².